The van der Waals surface area contributed by atoms with Crippen molar-refractivity contribution in [1.29, 1.82) is 0 Å². The van der Waals surface area contributed by atoms with Crippen molar-refractivity contribution >= 4 is 0 Å². The zero-order valence-corrected chi connectivity index (χ0v) is 15.5. The van der Waals surface area contributed by atoms with E-state index in [-0.39, 0.29) is 0 Å². The van der Waals surface area contributed by atoms with E-state index >= 15 is 0 Å². The van der Waals surface area contributed by atoms with E-state index in [9.17, 15) is 0 Å². The van der Waals surface area contributed by atoms with E-state index in [2.05, 4.69) is 49.7 Å². The van der Waals surface area contributed by atoms with Gasteiger partial charge in [0, 0.05) is 44.8 Å². The van der Waals surface area contributed by atoms with Crippen LogP contribution in [0.1, 0.15) is 53.9 Å². The maximum absolute atomic E-state index is 4.01. The quantitative estimate of drug-likeness (QED) is 0.842. The second-order valence-electron chi connectivity index (χ2n) is 9.08. The maximum atomic E-state index is 4.01. The molecule has 2 aliphatic carbocycles. The molecule has 1 heterocycles. The van der Waals surface area contributed by atoms with Gasteiger partial charge in [-0.1, -0.05) is 27.7 Å². The zero-order valence-electron chi connectivity index (χ0n) is 15.5. The number of piperazine rings is 1. The monoisotopic (exact) mass is 307 g/mol. The highest BCUT2D eigenvalue weighted by Gasteiger charge is 2.58. The second kappa shape index (κ2) is 6.07. The fourth-order valence-corrected chi connectivity index (χ4v) is 5.75. The molecule has 0 aromatic rings. The predicted octanol–water partition coefficient (Wildman–Crippen LogP) is 2.82. The minimum Gasteiger partial charge on any atom is -0.311 e. The third-order valence-electron chi connectivity index (χ3n) is 7.36. The Morgan fingerprint density at radius 1 is 1.14 bits per heavy atom. The van der Waals surface area contributed by atoms with Gasteiger partial charge in [-0.25, -0.2) is 0 Å². The standard InChI is InChI=1S/C19H37N3/c1-6-21-9-11-22(12-10-21)15(2)14-20-17-18(3,4)16-7-8-19(17,5)13-16/h15-17,20H,6-14H2,1-5H3/t15-,16+,17+,19+/m1/s1. The first-order valence-corrected chi connectivity index (χ1v) is 9.56. The highest BCUT2D eigenvalue weighted by molar-refractivity contribution is 5.12. The first-order valence-electron chi connectivity index (χ1n) is 9.56. The van der Waals surface area contributed by atoms with E-state index in [1.807, 2.05) is 0 Å². The van der Waals surface area contributed by atoms with Crippen LogP contribution in [0.15, 0.2) is 0 Å². The van der Waals surface area contributed by atoms with Gasteiger partial charge in [-0.3, -0.25) is 4.90 Å². The molecular formula is C19H37N3. The fourth-order valence-electron chi connectivity index (χ4n) is 5.75. The van der Waals surface area contributed by atoms with Crippen LogP contribution in [0.2, 0.25) is 0 Å². The molecule has 0 amide bonds. The van der Waals surface area contributed by atoms with E-state index in [1.54, 1.807) is 0 Å². The summed E-state index contributed by atoms with van der Waals surface area (Å²) in [5, 5.41) is 4.01. The van der Waals surface area contributed by atoms with E-state index in [4.69, 9.17) is 0 Å². The first kappa shape index (κ1) is 16.7. The normalized spacial score (nSPS) is 40.2. The molecule has 1 saturated heterocycles. The molecule has 3 heteroatoms. The van der Waals surface area contributed by atoms with Crippen LogP contribution in [-0.4, -0.2) is 61.2 Å². The summed E-state index contributed by atoms with van der Waals surface area (Å²) in [5.41, 5.74) is 1.03. The number of likely N-dealkylation sites (N-methyl/N-ethyl adjacent to an activating group) is 1. The summed E-state index contributed by atoms with van der Waals surface area (Å²) in [6, 6.07) is 1.37. The molecule has 3 rings (SSSR count). The number of fused-ring (bicyclic) bond motifs is 2. The molecule has 1 N–H and O–H groups in total. The molecule has 0 aromatic heterocycles. The largest absolute Gasteiger partial charge is 0.311 e. The van der Waals surface area contributed by atoms with Crippen LogP contribution >= 0.6 is 0 Å². The molecule has 3 aliphatic rings. The minimum atomic E-state index is 0.480. The van der Waals surface area contributed by atoms with Crippen LogP contribution < -0.4 is 5.32 Å². The first-order chi connectivity index (χ1) is 10.4. The van der Waals surface area contributed by atoms with Crippen molar-refractivity contribution in [3.63, 3.8) is 0 Å². The van der Waals surface area contributed by atoms with Gasteiger partial charge in [-0.2, -0.15) is 0 Å². The van der Waals surface area contributed by atoms with Gasteiger partial charge < -0.3 is 10.2 Å². The molecule has 2 bridgehead atoms. The fraction of sp³-hybridized carbons (Fsp3) is 1.00. The van der Waals surface area contributed by atoms with Gasteiger partial charge in [0.2, 0.25) is 0 Å². The number of rotatable bonds is 5. The summed E-state index contributed by atoms with van der Waals surface area (Å²) < 4.78 is 0. The van der Waals surface area contributed by atoms with E-state index in [1.165, 1.54) is 52.0 Å². The Balaban J connectivity index is 1.52. The van der Waals surface area contributed by atoms with Gasteiger partial charge in [0.25, 0.3) is 0 Å². The third kappa shape index (κ3) is 2.85. The van der Waals surface area contributed by atoms with E-state index < -0.39 is 0 Å². The van der Waals surface area contributed by atoms with Crippen LogP contribution in [0.25, 0.3) is 0 Å². The number of hydrogen-bond donors (Lipinski definition) is 1. The lowest BCUT2D eigenvalue weighted by atomic mass is 9.68. The SMILES string of the molecule is CCN1CCN([C@H](C)CN[C@H]2C(C)(C)[C@H]3CC[C@@]2(C)C3)CC1. The third-order valence-corrected chi connectivity index (χ3v) is 7.36. The Hall–Kier alpha value is -0.120. The van der Waals surface area contributed by atoms with Crippen LogP contribution in [0.4, 0.5) is 0 Å². The van der Waals surface area contributed by atoms with Crippen molar-refractivity contribution in [2.45, 2.75) is 66.0 Å². The summed E-state index contributed by atoms with van der Waals surface area (Å²) in [5.74, 6) is 0.943. The molecule has 0 radical (unpaired) electrons. The molecule has 3 nitrogen and oxygen atoms in total. The van der Waals surface area contributed by atoms with Gasteiger partial charge in [-0.15, -0.1) is 0 Å². The van der Waals surface area contributed by atoms with Gasteiger partial charge in [0.05, 0.1) is 0 Å². The zero-order chi connectivity index (χ0) is 16.0. The highest BCUT2D eigenvalue weighted by atomic mass is 15.3. The van der Waals surface area contributed by atoms with Gasteiger partial charge in [0.1, 0.15) is 0 Å². The summed E-state index contributed by atoms with van der Waals surface area (Å²) >= 11 is 0. The Kier molecular flexibility index (Phi) is 4.61. The topological polar surface area (TPSA) is 18.5 Å². The van der Waals surface area contributed by atoms with Crippen LogP contribution in [0.3, 0.4) is 0 Å². The van der Waals surface area contributed by atoms with Gasteiger partial charge >= 0.3 is 0 Å². The molecule has 22 heavy (non-hydrogen) atoms. The average molecular weight is 308 g/mol. The maximum Gasteiger partial charge on any atom is 0.0193 e. The summed E-state index contributed by atoms with van der Waals surface area (Å²) in [4.78, 5) is 5.25. The van der Waals surface area contributed by atoms with Crippen molar-refractivity contribution in [2.75, 3.05) is 39.3 Å². The smallest absolute Gasteiger partial charge is 0.0193 e. The van der Waals surface area contributed by atoms with Crippen molar-refractivity contribution in [3.8, 4) is 0 Å². The number of nitrogens with one attached hydrogen (secondary N) is 1. The Bertz CT molecular complexity index is 381. The number of nitrogens with zero attached hydrogens (tertiary/aromatic N) is 2. The molecule has 2 saturated carbocycles. The molecule has 3 fully saturated rings. The number of hydrogen-bond acceptors (Lipinski definition) is 3. The predicted molar refractivity (Wildman–Crippen MR) is 94.2 cm³/mol. The van der Waals surface area contributed by atoms with Crippen molar-refractivity contribution < 1.29 is 0 Å². The molecule has 128 valence electrons. The van der Waals surface area contributed by atoms with Crippen LogP contribution in [0, 0.1) is 16.7 Å². The molecule has 4 atom stereocenters. The summed E-state index contributed by atoms with van der Waals surface area (Å²) in [7, 11) is 0. The molecule has 0 unspecified atom stereocenters. The average Bonchev–Trinajstić information content (AvgIpc) is 2.98. The van der Waals surface area contributed by atoms with Crippen LogP contribution in [-0.2, 0) is 0 Å². The molecule has 0 spiro atoms. The molecular weight excluding hydrogens is 270 g/mol. The summed E-state index contributed by atoms with van der Waals surface area (Å²) in [6.07, 6.45) is 4.33. The van der Waals surface area contributed by atoms with Gasteiger partial charge in [0.15, 0.2) is 0 Å². The van der Waals surface area contributed by atoms with Crippen molar-refractivity contribution in [3.05, 3.63) is 0 Å². The minimum absolute atomic E-state index is 0.480. The summed E-state index contributed by atoms with van der Waals surface area (Å²) in [6.45, 7) is 19.6. The molecule has 1 aliphatic heterocycles. The molecule has 0 aromatic carbocycles. The van der Waals surface area contributed by atoms with E-state index in [0.29, 0.717) is 22.9 Å². The Morgan fingerprint density at radius 2 is 1.82 bits per heavy atom. The second-order valence-corrected chi connectivity index (χ2v) is 9.08. The van der Waals surface area contributed by atoms with E-state index in [0.717, 1.165) is 12.5 Å². The lowest BCUT2D eigenvalue weighted by molar-refractivity contribution is 0.0793. The van der Waals surface area contributed by atoms with Crippen molar-refractivity contribution in [2.24, 2.45) is 16.7 Å². The Labute approximate surface area is 137 Å². The lowest BCUT2D eigenvalue weighted by Gasteiger charge is -2.45. The van der Waals surface area contributed by atoms with Crippen molar-refractivity contribution in [1.82, 2.24) is 15.1 Å². The lowest BCUT2D eigenvalue weighted by Crippen LogP contribution is -2.56. The van der Waals surface area contributed by atoms with Gasteiger partial charge in [-0.05, 0) is 49.5 Å². The van der Waals surface area contributed by atoms with Crippen LogP contribution in [0.5, 0.6) is 0 Å². The Morgan fingerprint density at radius 3 is 2.36 bits per heavy atom. The highest BCUT2D eigenvalue weighted by Crippen LogP contribution is 2.62.